The van der Waals surface area contributed by atoms with Crippen molar-refractivity contribution in [3.8, 4) is 0 Å². The fourth-order valence-corrected chi connectivity index (χ4v) is 4.88. The van der Waals surface area contributed by atoms with Crippen LogP contribution in [0.25, 0.3) is 0 Å². The molecule has 1 aromatic rings. The number of nitrogens with one attached hydrogen (secondary N) is 2. The molecule has 1 aliphatic heterocycles. The predicted molar refractivity (Wildman–Crippen MR) is 115 cm³/mol. The van der Waals surface area contributed by atoms with Gasteiger partial charge in [-0.05, 0) is 59.7 Å². The first-order chi connectivity index (χ1) is 13.3. The number of hydrogen-bond donors (Lipinski definition) is 2. The Morgan fingerprint density at radius 1 is 1.28 bits per heavy atom. The van der Waals surface area contributed by atoms with Crippen LogP contribution in [0.4, 0.5) is 0 Å². The van der Waals surface area contributed by atoms with Crippen molar-refractivity contribution in [3.63, 3.8) is 0 Å². The number of benzene rings is 1. The topological polar surface area (TPSA) is 87.7 Å². The second kappa shape index (κ2) is 9.31. The van der Waals surface area contributed by atoms with Crippen LogP contribution in [0.3, 0.4) is 0 Å². The standard InChI is InChI=1S/C20H32ClN3O4S/c1-13(2)23-29(26,27)16-7-8-18(21)17(9-16)19(25)22-12-20(5,6)24-10-14(3)28-15(4)11-24/h7-9,13-15,23H,10-12H2,1-6H3,(H,22,25). The van der Waals surface area contributed by atoms with Crippen LogP contribution in [-0.4, -0.2) is 62.6 Å². The molecule has 0 aliphatic carbocycles. The Kier molecular flexibility index (Phi) is 7.73. The van der Waals surface area contributed by atoms with E-state index in [1.165, 1.54) is 18.2 Å². The molecule has 1 heterocycles. The van der Waals surface area contributed by atoms with Gasteiger partial charge in [-0.25, -0.2) is 13.1 Å². The second-order valence-electron chi connectivity index (χ2n) is 8.58. The van der Waals surface area contributed by atoms with Gasteiger partial charge in [0.2, 0.25) is 10.0 Å². The van der Waals surface area contributed by atoms with E-state index in [0.717, 1.165) is 13.1 Å². The molecular weight excluding hydrogens is 414 g/mol. The van der Waals surface area contributed by atoms with Gasteiger partial charge in [0, 0.05) is 31.2 Å². The molecule has 2 N–H and O–H groups in total. The molecule has 2 atom stereocenters. The van der Waals surface area contributed by atoms with E-state index in [0.29, 0.717) is 6.54 Å². The Hall–Kier alpha value is -1.19. The Bertz CT molecular complexity index is 832. The Morgan fingerprint density at radius 2 is 1.86 bits per heavy atom. The number of carbonyl (C=O) groups is 1. The lowest BCUT2D eigenvalue weighted by molar-refractivity contribution is -0.0948. The number of nitrogens with zero attached hydrogens (tertiary/aromatic N) is 1. The van der Waals surface area contributed by atoms with E-state index < -0.39 is 15.9 Å². The molecule has 0 spiro atoms. The van der Waals surface area contributed by atoms with Crippen molar-refractivity contribution in [2.75, 3.05) is 19.6 Å². The molecule has 0 bridgehead atoms. The van der Waals surface area contributed by atoms with Crippen molar-refractivity contribution in [3.05, 3.63) is 28.8 Å². The van der Waals surface area contributed by atoms with Crippen molar-refractivity contribution in [1.82, 2.24) is 14.9 Å². The average Bonchev–Trinajstić information content (AvgIpc) is 2.58. The van der Waals surface area contributed by atoms with Crippen LogP contribution in [0.2, 0.25) is 5.02 Å². The molecule has 0 radical (unpaired) electrons. The van der Waals surface area contributed by atoms with Gasteiger partial charge < -0.3 is 10.1 Å². The molecule has 1 aliphatic rings. The third-order valence-corrected chi connectivity index (χ3v) is 6.83. The van der Waals surface area contributed by atoms with Crippen molar-refractivity contribution in [2.24, 2.45) is 0 Å². The highest BCUT2D eigenvalue weighted by Gasteiger charge is 2.33. The van der Waals surface area contributed by atoms with Crippen LogP contribution in [0.15, 0.2) is 23.1 Å². The van der Waals surface area contributed by atoms with Gasteiger partial charge in [0.1, 0.15) is 0 Å². The summed E-state index contributed by atoms with van der Waals surface area (Å²) in [5.74, 6) is -0.404. The normalized spacial score (nSPS) is 21.4. The maximum atomic E-state index is 12.8. The van der Waals surface area contributed by atoms with E-state index in [-0.39, 0.29) is 39.3 Å². The lowest BCUT2D eigenvalue weighted by atomic mass is 10.00. The molecular formula is C20H32ClN3O4S. The number of rotatable bonds is 7. The molecule has 1 amide bonds. The summed E-state index contributed by atoms with van der Waals surface area (Å²) in [4.78, 5) is 15.1. The van der Waals surface area contributed by atoms with Crippen LogP contribution < -0.4 is 10.0 Å². The zero-order chi connectivity index (χ0) is 22.0. The van der Waals surface area contributed by atoms with Crippen molar-refractivity contribution < 1.29 is 17.9 Å². The maximum Gasteiger partial charge on any atom is 0.252 e. The van der Waals surface area contributed by atoms with E-state index in [4.69, 9.17) is 16.3 Å². The summed E-state index contributed by atoms with van der Waals surface area (Å²) in [5, 5.41) is 3.11. The molecule has 9 heteroatoms. The van der Waals surface area contributed by atoms with Crippen LogP contribution in [0, 0.1) is 0 Å². The van der Waals surface area contributed by atoms with Gasteiger partial charge in [-0.1, -0.05) is 11.6 Å². The summed E-state index contributed by atoms with van der Waals surface area (Å²) >= 11 is 6.18. The molecule has 7 nitrogen and oxygen atoms in total. The van der Waals surface area contributed by atoms with Crippen molar-refractivity contribution in [1.29, 1.82) is 0 Å². The molecule has 0 aromatic heterocycles. The second-order valence-corrected chi connectivity index (χ2v) is 10.7. The van der Waals surface area contributed by atoms with Gasteiger partial charge in [-0.15, -0.1) is 0 Å². The first-order valence-corrected chi connectivity index (χ1v) is 11.7. The lowest BCUT2D eigenvalue weighted by Gasteiger charge is -2.45. The number of sulfonamides is 1. The summed E-state index contributed by atoms with van der Waals surface area (Å²) in [6, 6.07) is 3.88. The monoisotopic (exact) mass is 445 g/mol. The van der Waals surface area contributed by atoms with E-state index in [2.05, 4.69) is 28.8 Å². The molecule has 1 fully saturated rings. The zero-order valence-electron chi connectivity index (χ0n) is 18.0. The molecule has 2 rings (SSSR count). The van der Waals surface area contributed by atoms with Crippen LogP contribution in [0.5, 0.6) is 0 Å². The van der Waals surface area contributed by atoms with Gasteiger partial charge in [0.15, 0.2) is 0 Å². The highest BCUT2D eigenvalue weighted by atomic mass is 35.5. The van der Waals surface area contributed by atoms with E-state index in [9.17, 15) is 13.2 Å². The molecule has 0 saturated carbocycles. The number of amides is 1. The minimum Gasteiger partial charge on any atom is -0.373 e. The highest BCUT2D eigenvalue weighted by Crippen LogP contribution is 2.23. The largest absolute Gasteiger partial charge is 0.373 e. The summed E-state index contributed by atoms with van der Waals surface area (Å²) in [6.45, 7) is 13.6. The van der Waals surface area contributed by atoms with Crippen molar-refractivity contribution >= 4 is 27.5 Å². The van der Waals surface area contributed by atoms with Crippen LogP contribution in [-0.2, 0) is 14.8 Å². The smallest absolute Gasteiger partial charge is 0.252 e. The maximum absolute atomic E-state index is 12.8. The summed E-state index contributed by atoms with van der Waals surface area (Å²) < 4.78 is 33.1. The summed E-state index contributed by atoms with van der Waals surface area (Å²) in [7, 11) is -3.72. The molecule has 1 aromatic carbocycles. The molecule has 1 saturated heterocycles. The average molecular weight is 446 g/mol. The van der Waals surface area contributed by atoms with E-state index in [1.54, 1.807) is 13.8 Å². The van der Waals surface area contributed by atoms with Gasteiger partial charge in [-0.2, -0.15) is 0 Å². The number of ether oxygens (including phenoxy) is 1. The molecule has 2 unspecified atom stereocenters. The zero-order valence-corrected chi connectivity index (χ0v) is 19.5. The number of carbonyl (C=O) groups excluding carboxylic acids is 1. The van der Waals surface area contributed by atoms with Gasteiger partial charge >= 0.3 is 0 Å². The minimum absolute atomic E-state index is 0.0100. The lowest BCUT2D eigenvalue weighted by Crippen LogP contribution is -2.58. The van der Waals surface area contributed by atoms with E-state index in [1.807, 2.05) is 13.8 Å². The SMILES string of the molecule is CC(C)NS(=O)(=O)c1ccc(Cl)c(C(=O)NCC(C)(C)N2CC(C)OC(C)C2)c1. The predicted octanol–water partition coefficient (Wildman–Crippen LogP) is 2.64. The molecule has 29 heavy (non-hydrogen) atoms. The number of halogens is 1. The third-order valence-electron chi connectivity index (χ3n) is 4.84. The van der Waals surface area contributed by atoms with Crippen LogP contribution in [0.1, 0.15) is 51.9 Å². The summed E-state index contributed by atoms with van der Waals surface area (Å²) in [6.07, 6.45) is 0.247. The highest BCUT2D eigenvalue weighted by molar-refractivity contribution is 7.89. The minimum atomic E-state index is -3.72. The Balaban J connectivity index is 2.13. The Morgan fingerprint density at radius 3 is 2.41 bits per heavy atom. The summed E-state index contributed by atoms with van der Waals surface area (Å²) in [5.41, 5.74) is -0.157. The number of hydrogen-bond acceptors (Lipinski definition) is 5. The fraction of sp³-hybridized carbons (Fsp3) is 0.650. The molecule has 164 valence electrons. The Labute approximate surface area is 179 Å². The van der Waals surface area contributed by atoms with Gasteiger partial charge in [-0.3, -0.25) is 9.69 Å². The van der Waals surface area contributed by atoms with Crippen LogP contribution >= 0.6 is 11.6 Å². The quantitative estimate of drug-likeness (QED) is 0.673. The first kappa shape index (κ1) is 24.1. The number of morpholine rings is 1. The first-order valence-electron chi connectivity index (χ1n) is 9.82. The van der Waals surface area contributed by atoms with Crippen molar-refractivity contribution in [2.45, 2.75) is 70.2 Å². The van der Waals surface area contributed by atoms with Gasteiger partial charge in [0.05, 0.1) is 27.7 Å². The van der Waals surface area contributed by atoms with Gasteiger partial charge in [0.25, 0.3) is 5.91 Å². The van der Waals surface area contributed by atoms with E-state index >= 15 is 0 Å². The fourth-order valence-electron chi connectivity index (χ4n) is 3.40. The third kappa shape index (κ3) is 6.39.